The van der Waals surface area contributed by atoms with Gasteiger partial charge in [0.1, 0.15) is 0 Å². The molecule has 1 aromatic rings. The fourth-order valence-electron chi connectivity index (χ4n) is 1.35. The summed E-state index contributed by atoms with van der Waals surface area (Å²) < 4.78 is 0.952. The lowest BCUT2D eigenvalue weighted by Gasteiger charge is -2.22. The van der Waals surface area contributed by atoms with Gasteiger partial charge in [0.05, 0.1) is 12.1 Å². The first-order chi connectivity index (χ1) is 8.34. The molecule has 0 atom stereocenters. The highest BCUT2D eigenvalue weighted by molar-refractivity contribution is 9.10. The lowest BCUT2D eigenvalue weighted by molar-refractivity contribution is -0.118. The van der Waals surface area contributed by atoms with Crippen LogP contribution in [0, 0.1) is 6.92 Å². The van der Waals surface area contributed by atoms with Gasteiger partial charge in [-0.05, 0) is 44.0 Å². The van der Waals surface area contributed by atoms with E-state index in [0.29, 0.717) is 0 Å². The van der Waals surface area contributed by atoms with Gasteiger partial charge in [-0.25, -0.2) is 0 Å². The van der Waals surface area contributed by atoms with Crippen molar-refractivity contribution < 1.29 is 9.90 Å². The molecule has 2 N–H and O–H groups in total. The summed E-state index contributed by atoms with van der Waals surface area (Å²) in [7, 11) is 0. The average molecular weight is 312 g/mol. The minimum atomic E-state index is -0.605. The zero-order chi connectivity index (χ0) is 13.8. The van der Waals surface area contributed by atoms with Gasteiger partial charge in [0.25, 0.3) is 0 Å². The number of benzene rings is 1. The maximum absolute atomic E-state index is 11.6. The maximum Gasteiger partial charge on any atom is 0.244 e. The summed E-state index contributed by atoms with van der Waals surface area (Å²) in [5, 5.41) is 11.8. The highest BCUT2D eigenvalue weighted by Crippen LogP contribution is 2.19. The lowest BCUT2D eigenvalue weighted by Crippen LogP contribution is -2.45. The van der Waals surface area contributed by atoms with Gasteiger partial charge in [-0.15, -0.1) is 0 Å². The van der Waals surface area contributed by atoms with Crippen LogP contribution in [0.1, 0.15) is 25.0 Å². The van der Waals surface area contributed by atoms with Crippen molar-refractivity contribution in [2.45, 2.75) is 26.3 Å². The molecular weight excluding hydrogens is 294 g/mol. The average Bonchev–Trinajstić information content (AvgIpc) is 2.27. The summed E-state index contributed by atoms with van der Waals surface area (Å²) in [6.07, 6.45) is 3.21. The van der Waals surface area contributed by atoms with Crippen molar-refractivity contribution in [3.63, 3.8) is 0 Å². The molecule has 0 saturated carbocycles. The summed E-state index contributed by atoms with van der Waals surface area (Å²) >= 11 is 3.45. The van der Waals surface area contributed by atoms with Gasteiger partial charge in [-0.2, -0.15) is 0 Å². The molecular formula is C14H18BrNO2. The Morgan fingerprint density at radius 1 is 1.50 bits per heavy atom. The molecule has 98 valence electrons. The Kier molecular flexibility index (Phi) is 5.11. The van der Waals surface area contributed by atoms with E-state index >= 15 is 0 Å². The van der Waals surface area contributed by atoms with Crippen LogP contribution in [-0.4, -0.2) is 23.2 Å². The number of carbonyl (C=O) groups is 1. The number of aliphatic hydroxyl groups excluding tert-OH is 1. The van der Waals surface area contributed by atoms with E-state index in [9.17, 15) is 4.79 Å². The van der Waals surface area contributed by atoms with Crippen LogP contribution < -0.4 is 5.32 Å². The fraction of sp³-hybridized carbons (Fsp3) is 0.357. The van der Waals surface area contributed by atoms with Crippen molar-refractivity contribution in [3.05, 3.63) is 39.9 Å². The maximum atomic E-state index is 11.6. The quantitative estimate of drug-likeness (QED) is 0.840. The number of carbonyl (C=O) groups excluding carboxylic acids is 1. The Hall–Kier alpha value is -1.13. The third kappa shape index (κ3) is 4.63. The molecule has 3 nitrogen and oxygen atoms in total. The van der Waals surface area contributed by atoms with Gasteiger partial charge in [0.2, 0.25) is 5.91 Å². The molecule has 0 unspecified atom stereocenters. The van der Waals surface area contributed by atoms with Gasteiger partial charge in [-0.1, -0.05) is 28.1 Å². The number of rotatable bonds is 4. The van der Waals surface area contributed by atoms with Crippen LogP contribution in [0.15, 0.2) is 28.7 Å². The molecule has 18 heavy (non-hydrogen) atoms. The molecule has 0 aliphatic rings. The monoisotopic (exact) mass is 311 g/mol. The van der Waals surface area contributed by atoms with E-state index in [1.165, 1.54) is 6.08 Å². The Labute approximate surface area is 116 Å². The van der Waals surface area contributed by atoms with Crippen LogP contribution >= 0.6 is 15.9 Å². The third-order valence-electron chi connectivity index (χ3n) is 2.43. The molecule has 0 aliphatic carbocycles. The molecule has 0 radical (unpaired) electrons. The van der Waals surface area contributed by atoms with Crippen molar-refractivity contribution in [2.75, 3.05) is 6.61 Å². The minimum Gasteiger partial charge on any atom is -0.394 e. The van der Waals surface area contributed by atoms with Crippen LogP contribution in [0.5, 0.6) is 0 Å². The number of aliphatic hydroxyl groups is 1. The Morgan fingerprint density at radius 3 is 2.72 bits per heavy atom. The minimum absolute atomic E-state index is 0.0964. The summed E-state index contributed by atoms with van der Waals surface area (Å²) in [5.41, 5.74) is 1.49. The number of hydrogen-bond donors (Lipinski definition) is 2. The van der Waals surface area contributed by atoms with E-state index in [1.54, 1.807) is 19.9 Å². The van der Waals surface area contributed by atoms with Crippen molar-refractivity contribution in [1.29, 1.82) is 0 Å². The number of hydrogen-bond acceptors (Lipinski definition) is 2. The van der Waals surface area contributed by atoms with Gasteiger partial charge in [0, 0.05) is 10.5 Å². The van der Waals surface area contributed by atoms with E-state index in [-0.39, 0.29) is 12.5 Å². The van der Waals surface area contributed by atoms with E-state index in [2.05, 4.69) is 21.2 Å². The van der Waals surface area contributed by atoms with E-state index in [1.807, 2.05) is 25.1 Å². The van der Waals surface area contributed by atoms with Crippen LogP contribution in [0.3, 0.4) is 0 Å². The SMILES string of the molecule is Cc1ccc(/C=C/C(=O)NC(C)(C)CO)c(Br)c1. The van der Waals surface area contributed by atoms with Crippen LogP contribution in [0.25, 0.3) is 6.08 Å². The smallest absolute Gasteiger partial charge is 0.244 e. The largest absolute Gasteiger partial charge is 0.394 e. The molecule has 0 aliphatic heterocycles. The number of halogens is 1. The van der Waals surface area contributed by atoms with Gasteiger partial charge >= 0.3 is 0 Å². The molecule has 0 bridgehead atoms. The fourth-order valence-corrected chi connectivity index (χ4v) is 1.97. The Bertz CT molecular complexity index is 467. The second-order valence-corrected chi connectivity index (χ2v) is 5.74. The molecule has 1 rings (SSSR count). The Balaban J connectivity index is 2.72. The van der Waals surface area contributed by atoms with Gasteiger partial charge in [0.15, 0.2) is 0 Å². The molecule has 0 heterocycles. The van der Waals surface area contributed by atoms with Crippen LogP contribution in [0.4, 0.5) is 0 Å². The van der Waals surface area contributed by atoms with Gasteiger partial charge in [-0.3, -0.25) is 4.79 Å². The zero-order valence-corrected chi connectivity index (χ0v) is 12.4. The number of nitrogens with one attached hydrogen (secondary N) is 1. The highest BCUT2D eigenvalue weighted by atomic mass is 79.9. The third-order valence-corrected chi connectivity index (χ3v) is 3.11. The zero-order valence-electron chi connectivity index (χ0n) is 10.8. The second-order valence-electron chi connectivity index (χ2n) is 4.89. The predicted octanol–water partition coefficient (Wildman–Crippen LogP) is 2.66. The topological polar surface area (TPSA) is 49.3 Å². The molecule has 0 fully saturated rings. The molecule has 1 amide bonds. The van der Waals surface area contributed by atoms with Crippen LogP contribution in [-0.2, 0) is 4.79 Å². The van der Waals surface area contributed by atoms with Crippen molar-refractivity contribution in [2.24, 2.45) is 0 Å². The standard InChI is InChI=1S/C14H18BrNO2/c1-10-4-5-11(12(15)8-10)6-7-13(18)16-14(2,3)9-17/h4-8,17H,9H2,1-3H3,(H,16,18)/b7-6+. The van der Waals surface area contributed by atoms with Crippen molar-refractivity contribution >= 4 is 27.9 Å². The highest BCUT2D eigenvalue weighted by Gasteiger charge is 2.17. The summed E-state index contributed by atoms with van der Waals surface area (Å²) in [6.45, 7) is 5.44. The first-order valence-electron chi connectivity index (χ1n) is 5.71. The van der Waals surface area contributed by atoms with E-state index < -0.39 is 5.54 Å². The summed E-state index contributed by atoms with van der Waals surface area (Å²) in [6, 6.07) is 5.93. The normalized spacial score (nSPS) is 11.8. The molecule has 0 spiro atoms. The number of aryl methyl sites for hydroxylation is 1. The molecule has 4 heteroatoms. The first kappa shape index (κ1) is 14.9. The summed E-state index contributed by atoms with van der Waals surface area (Å²) in [4.78, 5) is 11.6. The van der Waals surface area contributed by atoms with Gasteiger partial charge < -0.3 is 10.4 Å². The lowest BCUT2D eigenvalue weighted by atomic mass is 10.1. The molecule has 0 aromatic heterocycles. The van der Waals surface area contributed by atoms with Crippen LogP contribution in [0.2, 0.25) is 0 Å². The first-order valence-corrected chi connectivity index (χ1v) is 6.50. The predicted molar refractivity (Wildman–Crippen MR) is 77.2 cm³/mol. The van der Waals surface area contributed by atoms with E-state index in [4.69, 9.17) is 5.11 Å². The second kappa shape index (κ2) is 6.16. The van der Waals surface area contributed by atoms with E-state index in [0.717, 1.165) is 15.6 Å². The Morgan fingerprint density at radius 2 is 2.17 bits per heavy atom. The molecule has 1 aromatic carbocycles. The molecule has 0 saturated heterocycles. The summed E-state index contributed by atoms with van der Waals surface area (Å²) in [5.74, 6) is -0.221. The number of amides is 1. The van der Waals surface area contributed by atoms with Crippen molar-refractivity contribution in [1.82, 2.24) is 5.32 Å². The van der Waals surface area contributed by atoms with Crippen molar-refractivity contribution in [3.8, 4) is 0 Å².